The van der Waals surface area contributed by atoms with E-state index in [4.69, 9.17) is 5.14 Å². The molecule has 0 unspecified atom stereocenters. The molecule has 0 atom stereocenters. The summed E-state index contributed by atoms with van der Waals surface area (Å²) in [6.07, 6.45) is 1.08. The third-order valence-electron chi connectivity index (χ3n) is 3.63. The van der Waals surface area contributed by atoms with E-state index in [1.807, 2.05) is 19.0 Å². The standard InChI is InChI=1S/C16H20N4O5S/c1-19(2)10-8-18-15(21)12-5-3-11(4-6-12)13-7-9-20(26(17,24)25)14(13)16(22)23/h3-7,9H,8,10H2,1-2H3,(H,18,21)(H,22,23)(H2,17,24,25). The Morgan fingerprint density at radius 2 is 1.81 bits per heavy atom. The molecule has 1 aromatic heterocycles. The van der Waals surface area contributed by atoms with E-state index < -0.39 is 21.9 Å². The van der Waals surface area contributed by atoms with Crippen LogP contribution >= 0.6 is 0 Å². The minimum absolute atomic E-state index is 0.186. The fourth-order valence-corrected chi connectivity index (χ4v) is 3.03. The van der Waals surface area contributed by atoms with Gasteiger partial charge in [0.25, 0.3) is 5.91 Å². The summed E-state index contributed by atoms with van der Waals surface area (Å²) in [4.78, 5) is 25.5. The van der Waals surface area contributed by atoms with Crippen molar-refractivity contribution in [3.05, 3.63) is 47.8 Å². The highest BCUT2D eigenvalue weighted by molar-refractivity contribution is 7.87. The van der Waals surface area contributed by atoms with Gasteiger partial charge in [0.05, 0.1) is 0 Å². The molecule has 140 valence electrons. The maximum Gasteiger partial charge on any atom is 0.354 e. The molecule has 2 rings (SSSR count). The number of nitrogens with one attached hydrogen (secondary N) is 1. The van der Waals surface area contributed by atoms with Gasteiger partial charge in [-0.2, -0.15) is 8.42 Å². The molecule has 0 spiro atoms. The first-order valence-corrected chi connectivity index (χ1v) is 9.13. The monoisotopic (exact) mass is 380 g/mol. The lowest BCUT2D eigenvalue weighted by Crippen LogP contribution is -2.31. The zero-order chi connectivity index (χ0) is 19.5. The third-order valence-corrected chi connectivity index (χ3v) is 4.48. The first-order chi connectivity index (χ1) is 12.1. The Hall–Kier alpha value is -2.69. The minimum atomic E-state index is -4.24. The van der Waals surface area contributed by atoms with Crippen molar-refractivity contribution < 1.29 is 23.1 Å². The summed E-state index contributed by atoms with van der Waals surface area (Å²) in [5, 5.41) is 17.1. The van der Waals surface area contributed by atoms with E-state index in [1.54, 1.807) is 24.3 Å². The lowest BCUT2D eigenvalue weighted by Gasteiger charge is -2.10. The summed E-state index contributed by atoms with van der Waals surface area (Å²) >= 11 is 0. The maximum atomic E-state index is 12.1. The number of hydrogen-bond donors (Lipinski definition) is 3. The second kappa shape index (κ2) is 7.68. The van der Waals surface area contributed by atoms with Gasteiger partial charge in [0.15, 0.2) is 5.69 Å². The molecule has 1 heterocycles. The fraction of sp³-hybridized carbons (Fsp3) is 0.250. The van der Waals surface area contributed by atoms with E-state index in [-0.39, 0.29) is 11.5 Å². The molecule has 4 N–H and O–H groups in total. The van der Waals surface area contributed by atoms with E-state index in [9.17, 15) is 23.1 Å². The molecular formula is C16H20N4O5S. The maximum absolute atomic E-state index is 12.1. The third kappa shape index (κ3) is 4.48. The molecule has 0 aliphatic carbocycles. The number of rotatable bonds is 7. The van der Waals surface area contributed by atoms with E-state index in [0.29, 0.717) is 28.2 Å². The summed E-state index contributed by atoms with van der Waals surface area (Å²) in [6, 6.07) is 7.53. The summed E-state index contributed by atoms with van der Waals surface area (Å²) in [5.74, 6) is -1.68. The number of hydrogen-bond acceptors (Lipinski definition) is 5. The van der Waals surface area contributed by atoms with Crippen molar-refractivity contribution in [2.45, 2.75) is 0 Å². The normalized spacial score (nSPS) is 11.5. The SMILES string of the molecule is CN(C)CCNC(=O)c1ccc(-c2ccn(S(N)(=O)=O)c2C(=O)O)cc1. The molecule has 2 aromatic rings. The van der Waals surface area contributed by atoms with Crippen LogP contribution in [0.4, 0.5) is 0 Å². The second-order valence-electron chi connectivity index (χ2n) is 5.86. The highest BCUT2D eigenvalue weighted by Crippen LogP contribution is 2.26. The van der Waals surface area contributed by atoms with Gasteiger partial charge in [-0.25, -0.2) is 13.9 Å². The second-order valence-corrected chi connectivity index (χ2v) is 7.28. The number of aromatic carboxylic acids is 1. The number of carbonyl (C=O) groups is 2. The summed E-state index contributed by atoms with van der Waals surface area (Å²) < 4.78 is 23.5. The van der Waals surface area contributed by atoms with Crippen LogP contribution in [0.3, 0.4) is 0 Å². The Balaban J connectivity index is 2.28. The van der Waals surface area contributed by atoms with Gasteiger partial charge in [0, 0.05) is 30.4 Å². The largest absolute Gasteiger partial charge is 0.477 e. The lowest BCUT2D eigenvalue weighted by atomic mass is 10.0. The molecule has 0 bridgehead atoms. The highest BCUT2D eigenvalue weighted by atomic mass is 32.2. The van der Waals surface area contributed by atoms with Crippen LogP contribution in [0.5, 0.6) is 0 Å². The number of nitrogens with two attached hydrogens (primary N) is 1. The Morgan fingerprint density at radius 3 is 2.31 bits per heavy atom. The molecular weight excluding hydrogens is 360 g/mol. The van der Waals surface area contributed by atoms with Crippen molar-refractivity contribution in [2.24, 2.45) is 5.14 Å². The van der Waals surface area contributed by atoms with Gasteiger partial charge >= 0.3 is 16.2 Å². The Morgan fingerprint density at radius 1 is 1.19 bits per heavy atom. The zero-order valence-electron chi connectivity index (χ0n) is 14.3. The van der Waals surface area contributed by atoms with Crippen LogP contribution in [-0.2, 0) is 10.2 Å². The Bertz CT molecular complexity index is 917. The summed E-state index contributed by atoms with van der Waals surface area (Å²) in [5.41, 5.74) is 0.590. The Labute approximate surface area is 151 Å². The van der Waals surface area contributed by atoms with Gasteiger partial charge in [-0.05, 0) is 37.9 Å². The van der Waals surface area contributed by atoms with Gasteiger partial charge in [0.1, 0.15) is 0 Å². The topological polar surface area (TPSA) is 135 Å². The van der Waals surface area contributed by atoms with Crippen LogP contribution in [0.25, 0.3) is 11.1 Å². The van der Waals surface area contributed by atoms with Gasteiger partial charge in [-0.1, -0.05) is 12.1 Å². The molecule has 0 aliphatic rings. The molecule has 0 saturated heterocycles. The molecule has 10 heteroatoms. The summed E-state index contributed by atoms with van der Waals surface area (Å²) in [6.45, 7) is 1.20. The van der Waals surface area contributed by atoms with E-state index in [2.05, 4.69) is 5.32 Å². The van der Waals surface area contributed by atoms with Crippen molar-refractivity contribution in [3.8, 4) is 11.1 Å². The van der Waals surface area contributed by atoms with Gasteiger partial charge in [0.2, 0.25) is 0 Å². The molecule has 9 nitrogen and oxygen atoms in total. The molecule has 0 fully saturated rings. The first kappa shape index (κ1) is 19.6. The zero-order valence-corrected chi connectivity index (χ0v) is 15.2. The molecule has 26 heavy (non-hydrogen) atoms. The number of likely N-dealkylation sites (N-methyl/N-ethyl adjacent to an activating group) is 1. The van der Waals surface area contributed by atoms with Crippen molar-refractivity contribution in [1.29, 1.82) is 0 Å². The Kier molecular flexibility index (Phi) is 5.80. The van der Waals surface area contributed by atoms with Crippen LogP contribution in [0.2, 0.25) is 0 Å². The van der Waals surface area contributed by atoms with E-state index >= 15 is 0 Å². The molecule has 0 aliphatic heterocycles. The van der Waals surface area contributed by atoms with Crippen LogP contribution in [-0.4, -0.2) is 61.5 Å². The average Bonchev–Trinajstić information content (AvgIpc) is 3.00. The average molecular weight is 380 g/mol. The van der Waals surface area contributed by atoms with Gasteiger partial charge < -0.3 is 15.3 Å². The number of benzene rings is 1. The number of aromatic nitrogens is 1. The van der Waals surface area contributed by atoms with Crippen molar-refractivity contribution in [3.63, 3.8) is 0 Å². The summed E-state index contributed by atoms with van der Waals surface area (Å²) in [7, 11) is -0.442. The predicted octanol–water partition coefficient (Wildman–Crippen LogP) is 0.196. The smallest absolute Gasteiger partial charge is 0.354 e. The lowest BCUT2D eigenvalue weighted by molar-refractivity contribution is 0.0690. The van der Waals surface area contributed by atoms with Crippen molar-refractivity contribution in [2.75, 3.05) is 27.2 Å². The van der Waals surface area contributed by atoms with Crippen LogP contribution in [0.15, 0.2) is 36.5 Å². The highest BCUT2D eigenvalue weighted by Gasteiger charge is 2.22. The molecule has 0 radical (unpaired) electrons. The number of nitrogens with zero attached hydrogens (tertiary/aromatic N) is 2. The van der Waals surface area contributed by atoms with Crippen LogP contribution in [0.1, 0.15) is 20.8 Å². The molecule has 0 saturated carbocycles. The minimum Gasteiger partial charge on any atom is -0.477 e. The van der Waals surface area contributed by atoms with Crippen molar-refractivity contribution in [1.82, 2.24) is 14.2 Å². The number of carbonyl (C=O) groups excluding carboxylic acids is 1. The van der Waals surface area contributed by atoms with Gasteiger partial charge in [-0.15, -0.1) is 0 Å². The van der Waals surface area contributed by atoms with Crippen LogP contribution in [0, 0.1) is 0 Å². The quantitative estimate of drug-likeness (QED) is 0.628. The van der Waals surface area contributed by atoms with E-state index in [0.717, 1.165) is 6.20 Å². The fourth-order valence-electron chi connectivity index (χ4n) is 2.37. The van der Waals surface area contributed by atoms with Crippen LogP contribution < -0.4 is 10.5 Å². The first-order valence-electron chi connectivity index (χ1n) is 7.62. The molecule has 1 aromatic carbocycles. The van der Waals surface area contributed by atoms with E-state index in [1.165, 1.54) is 6.07 Å². The van der Waals surface area contributed by atoms with Crippen molar-refractivity contribution >= 4 is 22.1 Å². The number of carboxylic acids is 1. The predicted molar refractivity (Wildman–Crippen MR) is 96.2 cm³/mol. The van der Waals surface area contributed by atoms with Gasteiger partial charge in [-0.3, -0.25) is 4.79 Å². The molecule has 1 amide bonds. The number of amides is 1. The number of carboxylic acid groups (broad SMARTS) is 1.